The third kappa shape index (κ3) is 4.37. The number of ether oxygens (including phenoxy) is 1. The highest BCUT2D eigenvalue weighted by atomic mass is 79.9. The lowest BCUT2D eigenvalue weighted by Gasteiger charge is -2.19. The normalized spacial score (nSPS) is 12.2. The third-order valence-corrected chi connectivity index (χ3v) is 2.98. The molecule has 1 rings (SSSR count). The topological polar surface area (TPSA) is 36.3 Å². The van der Waals surface area contributed by atoms with Gasteiger partial charge in [-0.25, -0.2) is 0 Å². The van der Waals surface area contributed by atoms with E-state index in [2.05, 4.69) is 26.9 Å². The van der Waals surface area contributed by atoms with Gasteiger partial charge < -0.3 is 9.64 Å². The molecule has 0 radical (unpaired) electrons. The molecule has 92 valence electrons. The fraction of sp³-hybridized carbons (Fsp3) is 0.462. The van der Waals surface area contributed by atoms with Crippen molar-refractivity contribution in [1.82, 2.24) is 4.90 Å². The number of nitrogens with zero attached hydrogens (tertiary/aromatic N) is 2. The quantitative estimate of drug-likeness (QED) is 0.838. The van der Waals surface area contributed by atoms with Gasteiger partial charge in [0, 0.05) is 23.1 Å². The van der Waals surface area contributed by atoms with Gasteiger partial charge in [0.25, 0.3) is 0 Å². The molecular formula is C13H17BrN2O. The molecule has 0 heterocycles. The van der Waals surface area contributed by atoms with Gasteiger partial charge in [-0.15, -0.1) is 0 Å². The Hall–Kier alpha value is -1.05. The number of benzene rings is 1. The second-order valence-corrected chi connectivity index (χ2v) is 5.10. The molecule has 1 aromatic carbocycles. The second-order valence-electron chi connectivity index (χ2n) is 4.18. The average molecular weight is 297 g/mol. The van der Waals surface area contributed by atoms with E-state index in [0.717, 1.165) is 28.9 Å². The van der Waals surface area contributed by atoms with E-state index in [1.807, 2.05) is 32.2 Å². The maximum absolute atomic E-state index is 8.79. The second kappa shape index (κ2) is 6.63. The lowest BCUT2D eigenvalue weighted by atomic mass is 10.1. The zero-order valence-corrected chi connectivity index (χ0v) is 12.0. The molecule has 1 atom stereocenters. The molecule has 0 aliphatic heterocycles. The molecule has 0 unspecified atom stereocenters. The van der Waals surface area contributed by atoms with E-state index in [-0.39, 0.29) is 5.92 Å². The Labute approximate surface area is 111 Å². The largest absolute Gasteiger partial charge is 0.496 e. The van der Waals surface area contributed by atoms with Gasteiger partial charge in [0.15, 0.2) is 0 Å². The number of rotatable bonds is 5. The van der Waals surface area contributed by atoms with Crippen LogP contribution in [0.1, 0.15) is 12.5 Å². The van der Waals surface area contributed by atoms with Crippen molar-refractivity contribution in [2.75, 3.05) is 20.7 Å². The summed E-state index contributed by atoms with van der Waals surface area (Å²) in [5.41, 5.74) is 1.12. The van der Waals surface area contributed by atoms with E-state index in [4.69, 9.17) is 10.00 Å². The molecule has 17 heavy (non-hydrogen) atoms. The fourth-order valence-corrected chi connectivity index (χ4v) is 2.14. The third-order valence-electron chi connectivity index (χ3n) is 2.49. The van der Waals surface area contributed by atoms with Gasteiger partial charge in [0.2, 0.25) is 0 Å². The monoisotopic (exact) mass is 296 g/mol. The summed E-state index contributed by atoms with van der Waals surface area (Å²) in [6.45, 7) is 3.45. The minimum Gasteiger partial charge on any atom is -0.496 e. The van der Waals surface area contributed by atoms with Gasteiger partial charge in [0.1, 0.15) is 5.75 Å². The first-order chi connectivity index (χ1) is 8.06. The van der Waals surface area contributed by atoms with Gasteiger partial charge in [0.05, 0.1) is 19.1 Å². The van der Waals surface area contributed by atoms with Crippen molar-refractivity contribution in [3.63, 3.8) is 0 Å². The van der Waals surface area contributed by atoms with Gasteiger partial charge in [-0.2, -0.15) is 5.26 Å². The maximum Gasteiger partial charge on any atom is 0.123 e. The predicted molar refractivity (Wildman–Crippen MR) is 71.8 cm³/mol. The molecule has 4 heteroatoms. The Balaban J connectivity index is 2.73. The van der Waals surface area contributed by atoms with Gasteiger partial charge >= 0.3 is 0 Å². The van der Waals surface area contributed by atoms with Crippen LogP contribution in [0.15, 0.2) is 22.7 Å². The summed E-state index contributed by atoms with van der Waals surface area (Å²) in [5.74, 6) is 0.919. The van der Waals surface area contributed by atoms with Crippen LogP contribution >= 0.6 is 15.9 Å². The molecule has 0 N–H and O–H groups in total. The Morgan fingerprint density at radius 3 is 2.82 bits per heavy atom. The first kappa shape index (κ1) is 14.0. The van der Waals surface area contributed by atoms with E-state index in [1.165, 1.54) is 0 Å². The maximum atomic E-state index is 8.79. The molecule has 0 bridgehead atoms. The van der Waals surface area contributed by atoms with Crippen molar-refractivity contribution in [1.29, 1.82) is 5.26 Å². The molecule has 0 aliphatic carbocycles. The summed E-state index contributed by atoms with van der Waals surface area (Å²) >= 11 is 3.45. The number of halogens is 1. The molecule has 0 aromatic heterocycles. The molecule has 0 aliphatic rings. The molecular weight excluding hydrogens is 280 g/mol. The number of nitriles is 1. The molecule has 3 nitrogen and oxygen atoms in total. The van der Waals surface area contributed by atoms with E-state index < -0.39 is 0 Å². The summed E-state index contributed by atoms with van der Waals surface area (Å²) < 4.78 is 6.36. The summed E-state index contributed by atoms with van der Waals surface area (Å²) in [6.07, 6.45) is 0. The smallest absolute Gasteiger partial charge is 0.123 e. The first-order valence-electron chi connectivity index (χ1n) is 5.47. The van der Waals surface area contributed by atoms with Crippen molar-refractivity contribution in [2.45, 2.75) is 13.5 Å². The molecule has 1 aromatic rings. The Morgan fingerprint density at radius 2 is 2.24 bits per heavy atom. The van der Waals surface area contributed by atoms with Crippen molar-refractivity contribution in [2.24, 2.45) is 5.92 Å². The number of hydrogen-bond acceptors (Lipinski definition) is 3. The van der Waals surface area contributed by atoms with Gasteiger partial charge in [-0.3, -0.25) is 0 Å². The van der Waals surface area contributed by atoms with Crippen LogP contribution in [0.3, 0.4) is 0 Å². The number of hydrogen-bond donors (Lipinski definition) is 0. The fourth-order valence-electron chi connectivity index (χ4n) is 1.73. The predicted octanol–water partition coefficient (Wildman–Crippen LogP) is 3.05. The molecule has 0 amide bonds. The zero-order valence-electron chi connectivity index (χ0n) is 10.4. The number of methoxy groups -OCH3 is 1. The van der Waals surface area contributed by atoms with E-state index >= 15 is 0 Å². The van der Waals surface area contributed by atoms with Crippen LogP contribution in [-0.4, -0.2) is 25.6 Å². The van der Waals surface area contributed by atoms with Crippen molar-refractivity contribution in [3.05, 3.63) is 28.2 Å². The minimum absolute atomic E-state index is 0.0400. The van der Waals surface area contributed by atoms with Gasteiger partial charge in [-0.05, 0) is 32.2 Å². The Morgan fingerprint density at radius 1 is 1.53 bits per heavy atom. The van der Waals surface area contributed by atoms with E-state index in [0.29, 0.717) is 0 Å². The molecule has 0 saturated heterocycles. The van der Waals surface area contributed by atoms with Crippen LogP contribution in [0.2, 0.25) is 0 Å². The standard InChI is InChI=1S/C13H17BrN2O/c1-10(7-15)8-16(2)9-11-6-12(14)4-5-13(11)17-3/h4-6,10H,8-9H2,1-3H3/t10-/m0/s1. The van der Waals surface area contributed by atoms with E-state index in [9.17, 15) is 0 Å². The SMILES string of the molecule is COc1ccc(Br)cc1CN(C)C[C@@H](C)C#N. The van der Waals surface area contributed by atoms with Crippen LogP contribution in [0.5, 0.6) is 5.75 Å². The van der Waals surface area contributed by atoms with Crippen LogP contribution < -0.4 is 4.74 Å². The lowest BCUT2D eigenvalue weighted by Crippen LogP contribution is -2.23. The zero-order chi connectivity index (χ0) is 12.8. The summed E-state index contributed by atoms with van der Waals surface area (Å²) in [6, 6.07) is 8.19. The Kier molecular flexibility index (Phi) is 5.46. The molecule has 0 fully saturated rings. The summed E-state index contributed by atoms with van der Waals surface area (Å²) in [7, 11) is 3.68. The molecule has 0 spiro atoms. The highest BCUT2D eigenvalue weighted by molar-refractivity contribution is 9.10. The van der Waals surface area contributed by atoms with Gasteiger partial charge in [-0.1, -0.05) is 15.9 Å². The van der Waals surface area contributed by atoms with Crippen LogP contribution in [0, 0.1) is 17.2 Å². The highest BCUT2D eigenvalue weighted by Gasteiger charge is 2.09. The van der Waals surface area contributed by atoms with Crippen molar-refractivity contribution < 1.29 is 4.74 Å². The first-order valence-corrected chi connectivity index (χ1v) is 6.26. The lowest BCUT2D eigenvalue weighted by molar-refractivity contribution is 0.296. The average Bonchev–Trinajstić information content (AvgIpc) is 2.29. The van der Waals surface area contributed by atoms with Crippen molar-refractivity contribution in [3.8, 4) is 11.8 Å². The molecule has 0 saturated carbocycles. The van der Waals surface area contributed by atoms with Crippen LogP contribution in [0.25, 0.3) is 0 Å². The summed E-state index contributed by atoms with van der Waals surface area (Å²) in [4.78, 5) is 2.12. The summed E-state index contributed by atoms with van der Waals surface area (Å²) in [5, 5.41) is 8.79. The highest BCUT2D eigenvalue weighted by Crippen LogP contribution is 2.24. The van der Waals surface area contributed by atoms with Crippen molar-refractivity contribution >= 4 is 15.9 Å². The van der Waals surface area contributed by atoms with Crippen LogP contribution in [0.4, 0.5) is 0 Å². The van der Waals surface area contributed by atoms with Crippen LogP contribution in [-0.2, 0) is 6.54 Å². The van der Waals surface area contributed by atoms with E-state index in [1.54, 1.807) is 7.11 Å². The minimum atomic E-state index is 0.0400. The Bertz CT molecular complexity index is 414.